The summed E-state index contributed by atoms with van der Waals surface area (Å²) in [6, 6.07) is 8.11. The highest BCUT2D eigenvalue weighted by atomic mass is 16.5. The molecule has 0 unspecified atom stereocenters. The van der Waals surface area contributed by atoms with E-state index in [4.69, 9.17) is 9.72 Å². The third-order valence-corrected chi connectivity index (χ3v) is 4.62. The third kappa shape index (κ3) is 2.56. The number of fused-ring (bicyclic) bond motifs is 2. The molecule has 0 spiro atoms. The summed E-state index contributed by atoms with van der Waals surface area (Å²) in [7, 11) is 1.66. The van der Waals surface area contributed by atoms with Crippen LogP contribution in [0.25, 0.3) is 11.0 Å². The molecule has 0 aliphatic carbocycles. The van der Waals surface area contributed by atoms with Crippen LogP contribution in [0, 0.1) is 0 Å². The van der Waals surface area contributed by atoms with E-state index >= 15 is 0 Å². The molecule has 0 atom stereocenters. The van der Waals surface area contributed by atoms with Crippen LogP contribution < -0.4 is 15.2 Å². The maximum absolute atomic E-state index is 12.8. The lowest BCUT2D eigenvalue weighted by atomic mass is 10.2. The fraction of sp³-hybridized carbons (Fsp3) is 0.389. The summed E-state index contributed by atoms with van der Waals surface area (Å²) in [6.07, 6.45) is 1.63. The Morgan fingerprint density at radius 2 is 2.08 bits per heavy atom. The topological polar surface area (TPSA) is 65.2 Å². The molecule has 0 saturated carbocycles. The summed E-state index contributed by atoms with van der Waals surface area (Å²) in [5.74, 6) is 1.59. The molecule has 7 heteroatoms. The molecule has 0 amide bonds. The Bertz CT molecular complexity index is 989. The number of nitrogens with zero attached hydrogens (tertiary/aromatic N) is 5. The monoisotopic (exact) mass is 339 g/mol. The molecule has 3 heterocycles. The van der Waals surface area contributed by atoms with Gasteiger partial charge in [-0.2, -0.15) is 5.10 Å². The molecule has 1 aliphatic rings. The molecular weight excluding hydrogens is 318 g/mol. The van der Waals surface area contributed by atoms with E-state index in [1.807, 2.05) is 42.8 Å². The SMILES string of the molecule is COc1cccc(N2CCn3c(nc4c(cnn4C(C)C)c3=O)C2)c1. The fourth-order valence-corrected chi connectivity index (χ4v) is 3.29. The predicted molar refractivity (Wildman–Crippen MR) is 96.2 cm³/mol. The Morgan fingerprint density at radius 1 is 1.24 bits per heavy atom. The van der Waals surface area contributed by atoms with Crippen LogP contribution in [0.2, 0.25) is 0 Å². The van der Waals surface area contributed by atoms with E-state index in [9.17, 15) is 4.79 Å². The zero-order valence-electron chi connectivity index (χ0n) is 14.6. The summed E-state index contributed by atoms with van der Waals surface area (Å²) in [4.78, 5) is 19.8. The van der Waals surface area contributed by atoms with Gasteiger partial charge in [-0.15, -0.1) is 0 Å². The number of anilines is 1. The molecule has 3 aromatic rings. The predicted octanol–water partition coefficient (Wildman–Crippen LogP) is 2.20. The van der Waals surface area contributed by atoms with Gasteiger partial charge in [0.25, 0.3) is 5.56 Å². The van der Waals surface area contributed by atoms with Crippen LogP contribution in [0.4, 0.5) is 5.69 Å². The van der Waals surface area contributed by atoms with E-state index in [0.29, 0.717) is 24.1 Å². The Morgan fingerprint density at radius 3 is 2.84 bits per heavy atom. The van der Waals surface area contributed by atoms with Gasteiger partial charge in [-0.1, -0.05) is 6.07 Å². The highest BCUT2D eigenvalue weighted by Crippen LogP contribution is 2.24. The van der Waals surface area contributed by atoms with E-state index in [2.05, 4.69) is 10.00 Å². The number of hydrogen-bond acceptors (Lipinski definition) is 5. The molecule has 7 nitrogen and oxygen atoms in total. The molecule has 0 fully saturated rings. The van der Waals surface area contributed by atoms with E-state index in [0.717, 1.165) is 23.8 Å². The molecule has 0 saturated heterocycles. The van der Waals surface area contributed by atoms with E-state index < -0.39 is 0 Å². The van der Waals surface area contributed by atoms with Crippen molar-refractivity contribution in [3.63, 3.8) is 0 Å². The van der Waals surface area contributed by atoms with Crippen LogP contribution in [0.5, 0.6) is 5.75 Å². The lowest BCUT2D eigenvalue weighted by Gasteiger charge is -2.31. The van der Waals surface area contributed by atoms with Crippen LogP contribution in [0.3, 0.4) is 0 Å². The minimum atomic E-state index is -0.00260. The van der Waals surface area contributed by atoms with Crippen molar-refractivity contribution in [3.8, 4) is 5.75 Å². The van der Waals surface area contributed by atoms with E-state index in [-0.39, 0.29) is 11.6 Å². The highest BCUT2D eigenvalue weighted by molar-refractivity contribution is 5.73. The average Bonchev–Trinajstić information content (AvgIpc) is 3.06. The van der Waals surface area contributed by atoms with Crippen LogP contribution >= 0.6 is 0 Å². The number of ether oxygens (including phenoxy) is 1. The van der Waals surface area contributed by atoms with Gasteiger partial charge in [-0.25, -0.2) is 9.67 Å². The van der Waals surface area contributed by atoms with Crippen molar-refractivity contribution in [3.05, 3.63) is 46.6 Å². The molecule has 1 aromatic carbocycles. The number of hydrogen-bond donors (Lipinski definition) is 0. The molecular formula is C18H21N5O2. The number of benzene rings is 1. The van der Waals surface area contributed by atoms with Crippen molar-refractivity contribution in [2.24, 2.45) is 0 Å². The molecule has 1 aliphatic heterocycles. The second-order valence-electron chi connectivity index (χ2n) is 6.53. The van der Waals surface area contributed by atoms with Gasteiger partial charge in [-0.3, -0.25) is 9.36 Å². The summed E-state index contributed by atoms with van der Waals surface area (Å²) >= 11 is 0. The van der Waals surface area contributed by atoms with Gasteiger partial charge < -0.3 is 9.64 Å². The van der Waals surface area contributed by atoms with Gasteiger partial charge in [0.15, 0.2) is 5.65 Å². The first-order valence-electron chi connectivity index (χ1n) is 8.44. The Hall–Kier alpha value is -2.83. The first-order valence-corrected chi connectivity index (χ1v) is 8.44. The zero-order valence-corrected chi connectivity index (χ0v) is 14.6. The fourth-order valence-electron chi connectivity index (χ4n) is 3.29. The standard InChI is InChI=1S/C18H21N5O2/c1-12(2)23-17-15(10-19-23)18(24)22-8-7-21(11-16(22)20-17)13-5-4-6-14(9-13)25-3/h4-6,9-10,12H,7-8,11H2,1-3H3. The normalized spacial score (nSPS) is 14.2. The van der Waals surface area contributed by atoms with Gasteiger partial charge in [0, 0.05) is 30.9 Å². The lowest BCUT2D eigenvalue weighted by Crippen LogP contribution is -2.40. The largest absolute Gasteiger partial charge is 0.497 e. The number of rotatable bonds is 3. The first kappa shape index (κ1) is 15.7. The minimum Gasteiger partial charge on any atom is -0.497 e. The maximum Gasteiger partial charge on any atom is 0.264 e. The zero-order chi connectivity index (χ0) is 17.6. The van der Waals surface area contributed by atoms with Crippen LogP contribution in [0.1, 0.15) is 25.7 Å². The summed E-state index contributed by atoms with van der Waals surface area (Å²) < 4.78 is 8.89. The van der Waals surface area contributed by atoms with Crippen molar-refractivity contribution < 1.29 is 4.74 Å². The summed E-state index contributed by atoms with van der Waals surface area (Å²) in [6.45, 7) is 6.02. The molecule has 4 rings (SSSR count). The highest BCUT2D eigenvalue weighted by Gasteiger charge is 2.22. The van der Waals surface area contributed by atoms with Crippen molar-refractivity contribution in [1.29, 1.82) is 0 Å². The van der Waals surface area contributed by atoms with Gasteiger partial charge in [-0.05, 0) is 26.0 Å². The third-order valence-electron chi connectivity index (χ3n) is 4.62. The van der Waals surface area contributed by atoms with Crippen molar-refractivity contribution in [2.75, 3.05) is 18.6 Å². The van der Waals surface area contributed by atoms with Gasteiger partial charge in [0.05, 0.1) is 19.9 Å². The van der Waals surface area contributed by atoms with E-state index in [1.54, 1.807) is 17.9 Å². The van der Waals surface area contributed by atoms with Gasteiger partial charge in [0.2, 0.25) is 0 Å². The Kier molecular flexibility index (Phi) is 3.71. The summed E-state index contributed by atoms with van der Waals surface area (Å²) in [5.41, 5.74) is 1.73. The van der Waals surface area contributed by atoms with Crippen molar-refractivity contribution in [1.82, 2.24) is 19.3 Å². The summed E-state index contributed by atoms with van der Waals surface area (Å²) in [5, 5.41) is 4.93. The van der Waals surface area contributed by atoms with Crippen LogP contribution in [-0.4, -0.2) is 33.0 Å². The van der Waals surface area contributed by atoms with Gasteiger partial charge >= 0.3 is 0 Å². The minimum absolute atomic E-state index is 0.00260. The molecule has 25 heavy (non-hydrogen) atoms. The van der Waals surface area contributed by atoms with Gasteiger partial charge in [0.1, 0.15) is 17.0 Å². The molecule has 0 bridgehead atoms. The maximum atomic E-state index is 12.8. The second-order valence-corrected chi connectivity index (χ2v) is 6.53. The molecule has 130 valence electrons. The average molecular weight is 339 g/mol. The van der Waals surface area contributed by atoms with Crippen LogP contribution in [0.15, 0.2) is 35.3 Å². The number of aromatic nitrogens is 4. The second kappa shape index (κ2) is 5.91. The van der Waals surface area contributed by atoms with Crippen molar-refractivity contribution >= 4 is 16.7 Å². The molecule has 0 radical (unpaired) electrons. The first-order chi connectivity index (χ1) is 12.1. The van der Waals surface area contributed by atoms with E-state index in [1.165, 1.54) is 0 Å². The van der Waals surface area contributed by atoms with Crippen molar-refractivity contribution in [2.45, 2.75) is 33.0 Å². The Balaban J connectivity index is 1.77. The van der Waals surface area contributed by atoms with Crippen LogP contribution in [-0.2, 0) is 13.1 Å². The number of methoxy groups -OCH3 is 1. The lowest BCUT2D eigenvalue weighted by molar-refractivity contribution is 0.414. The Labute approximate surface area is 145 Å². The smallest absolute Gasteiger partial charge is 0.264 e. The molecule has 2 aromatic heterocycles. The quantitative estimate of drug-likeness (QED) is 0.732. The molecule has 0 N–H and O–H groups in total.